The molecule has 0 saturated carbocycles. The van der Waals surface area contributed by atoms with Crippen LogP contribution in [-0.4, -0.2) is 35.3 Å². The van der Waals surface area contributed by atoms with Gasteiger partial charge in [-0.05, 0) is 30.2 Å². The van der Waals surface area contributed by atoms with Gasteiger partial charge in [-0.1, -0.05) is 12.1 Å². The highest BCUT2D eigenvalue weighted by Crippen LogP contribution is 2.21. The van der Waals surface area contributed by atoms with E-state index in [1.807, 2.05) is 30.3 Å². The van der Waals surface area contributed by atoms with Crippen molar-refractivity contribution < 1.29 is 0 Å². The molecule has 1 atom stereocenters. The summed E-state index contributed by atoms with van der Waals surface area (Å²) in [5.74, 6) is 1.43. The molecule has 1 aromatic heterocycles. The largest absolute Gasteiger partial charge is 0.404 e. The molecule has 1 aliphatic heterocycles. The molecule has 1 fully saturated rings. The van der Waals surface area contributed by atoms with E-state index in [0.717, 1.165) is 36.6 Å². The fraction of sp³-hybridized carbons (Fsp3) is 0.235. The molecule has 7 heteroatoms. The third-order valence-electron chi connectivity index (χ3n) is 3.98. The first-order valence-corrected chi connectivity index (χ1v) is 7.83. The molecule has 0 aliphatic carbocycles. The Hall–Kier alpha value is -2.93. The van der Waals surface area contributed by atoms with Gasteiger partial charge >= 0.3 is 0 Å². The summed E-state index contributed by atoms with van der Waals surface area (Å²) >= 11 is 0. The minimum Gasteiger partial charge on any atom is -0.404 e. The van der Waals surface area contributed by atoms with Crippen molar-refractivity contribution in [1.82, 2.24) is 9.97 Å². The maximum atomic E-state index is 7.33. The van der Waals surface area contributed by atoms with Gasteiger partial charge < -0.3 is 27.1 Å². The minimum atomic E-state index is 0.191. The summed E-state index contributed by atoms with van der Waals surface area (Å²) in [5.41, 5.74) is 13.9. The third kappa shape index (κ3) is 3.52. The van der Waals surface area contributed by atoms with E-state index in [4.69, 9.17) is 16.9 Å². The first kappa shape index (κ1) is 15.9. The summed E-state index contributed by atoms with van der Waals surface area (Å²) in [7, 11) is 0. The lowest BCUT2D eigenvalue weighted by Gasteiger charge is -2.16. The molecule has 2 heterocycles. The molecule has 3 rings (SSSR count). The maximum Gasteiger partial charge on any atom is 0.227 e. The van der Waals surface area contributed by atoms with E-state index in [1.165, 1.54) is 12.4 Å². The van der Waals surface area contributed by atoms with E-state index in [0.29, 0.717) is 11.5 Å². The van der Waals surface area contributed by atoms with E-state index in [-0.39, 0.29) is 6.04 Å². The lowest BCUT2D eigenvalue weighted by molar-refractivity contribution is 0.750. The predicted octanol–water partition coefficient (Wildman–Crippen LogP) is 1.71. The van der Waals surface area contributed by atoms with Crippen molar-refractivity contribution in [3.8, 4) is 0 Å². The van der Waals surface area contributed by atoms with Crippen molar-refractivity contribution in [3.63, 3.8) is 0 Å². The predicted molar refractivity (Wildman–Crippen MR) is 97.5 cm³/mol. The van der Waals surface area contributed by atoms with Gasteiger partial charge in [0.15, 0.2) is 0 Å². The quantitative estimate of drug-likeness (QED) is 0.622. The first-order chi connectivity index (χ1) is 11.7. The van der Waals surface area contributed by atoms with E-state index in [2.05, 4.69) is 20.2 Å². The highest BCUT2D eigenvalue weighted by molar-refractivity contribution is 6.08. The smallest absolute Gasteiger partial charge is 0.227 e. The highest BCUT2D eigenvalue weighted by atomic mass is 15.3. The Morgan fingerprint density at radius 1 is 1.29 bits per heavy atom. The van der Waals surface area contributed by atoms with Gasteiger partial charge in [-0.15, -0.1) is 0 Å². The van der Waals surface area contributed by atoms with Crippen LogP contribution in [0, 0.1) is 5.41 Å². The molecule has 2 aromatic rings. The highest BCUT2D eigenvalue weighted by Gasteiger charge is 2.21. The third-order valence-corrected chi connectivity index (χ3v) is 3.98. The fourth-order valence-electron chi connectivity index (χ4n) is 2.66. The normalized spacial score (nSPS) is 17.8. The first-order valence-electron chi connectivity index (χ1n) is 7.83. The number of nitrogens with two attached hydrogens (primary N) is 2. The second-order valence-corrected chi connectivity index (χ2v) is 5.71. The molecular weight excluding hydrogens is 302 g/mol. The molecule has 1 aromatic carbocycles. The Labute approximate surface area is 140 Å². The zero-order valence-corrected chi connectivity index (χ0v) is 13.3. The van der Waals surface area contributed by atoms with E-state index in [1.54, 1.807) is 6.20 Å². The second-order valence-electron chi connectivity index (χ2n) is 5.71. The number of anilines is 3. The molecule has 0 bridgehead atoms. The maximum absolute atomic E-state index is 7.33. The summed E-state index contributed by atoms with van der Waals surface area (Å²) in [6, 6.07) is 9.69. The van der Waals surface area contributed by atoms with Gasteiger partial charge in [-0.2, -0.15) is 4.98 Å². The lowest BCUT2D eigenvalue weighted by atomic mass is 10.1. The van der Waals surface area contributed by atoms with Crippen LogP contribution in [0.5, 0.6) is 0 Å². The molecule has 0 amide bonds. The van der Waals surface area contributed by atoms with Gasteiger partial charge in [0.05, 0.1) is 0 Å². The Balaban J connectivity index is 1.73. The van der Waals surface area contributed by atoms with Crippen LogP contribution in [-0.2, 0) is 0 Å². The summed E-state index contributed by atoms with van der Waals surface area (Å²) in [6.07, 6.45) is 5.37. The number of hydrogen-bond donors (Lipinski definition) is 4. The van der Waals surface area contributed by atoms with Gasteiger partial charge in [0.1, 0.15) is 5.82 Å². The van der Waals surface area contributed by atoms with Crippen LogP contribution in [0.3, 0.4) is 0 Å². The van der Waals surface area contributed by atoms with Crippen molar-refractivity contribution in [2.75, 3.05) is 23.3 Å². The fourth-order valence-corrected chi connectivity index (χ4v) is 2.66. The van der Waals surface area contributed by atoms with Gasteiger partial charge in [-0.25, -0.2) is 4.98 Å². The molecular formula is C17H21N7. The SMILES string of the molecule is N=CC(=CN)c1ccc(Nc2ccnc(N3CCC(N)C3)n2)cc1. The van der Waals surface area contributed by atoms with Crippen molar-refractivity contribution >= 4 is 29.2 Å². The summed E-state index contributed by atoms with van der Waals surface area (Å²) < 4.78 is 0. The molecule has 7 nitrogen and oxygen atoms in total. The second kappa shape index (κ2) is 7.10. The van der Waals surface area contributed by atoms with Gasteiger partial charge in [0.2, 0.25) is 5.95 Å². The number of nitrogens with zero attached hydrogens (tertiary/aromatic N) is 3. The summed E-state index contributed by atoms with van der Waals surface area (Å²) in [4.78, 5) is 11.0. The van der Waals surface area contributed by atoms with Crippen LogP contribution in [0.1, 0.15) is 12.0 Å². The topological polar surface area (TPSA) is 117 Å². The standard InChI is InChI=1S/C17H21N7/c18-9-13(10-19)12-1-3-15(4-2-12)22-16-5-7-21-17(23-16)24-8-6-14(20)11-24/h1-5,7,9-10,14,18H,6,8,11,19-20H2,(H,21,22,23). The average Bonchev–Trinajstić information content (AvgIpc) is 3.04. The van der Waals surface area contributed by atoms with Gasteiger partial charge in [0.25, 0.3) is 0 Å². The molecule has 0 radical (unpaired) electrons. The number of aromatic nitrogens is 2. The summed E-state index contributed by atoms with van der Waals surface area (Å²) in [5, 5.41) is 10.6. The van der Waals surface area contributed by atoms with Crippen molar-refractivity contribution in [3.05, 3.63) is 48.3 Å². The monoisotopic (exact) mass is 323 g/mol. The van der Waals surface area contributed by atoms with Crippen LogP contribution >= 0.6 is 0 Å². The Kier molecular flexibility index (Phi) is 4.72. The lowest BCUT2D eigenvalue weighted by Crippen LogP contribution is -2.27. The van der Waals surface area contributed by atoms with Gasteiger partial charge in [0, 0.05) is 49.0 Å². The molecule has 1 saturated heterocycles. The number of allylic oxidation sites excluding steroid dienone is 1. The van der Waals surface area contributed by atoms with Crippen LogP contribution in [0.4, 0.5) is 17.5 Å². The molecule has 1 aliphatic rings. The average molecular weight is 323 g/mol. The molecule has 6 N–H and O–H groups in total. The van der Waals surface area contributed by atoms with Crippen LogP contribution in [0.25, 0.3) is 5.57 Å². The van der Waals surface area contributed by atoms with E-state index < -0.39 is 0 Å². The van der Waals surface area contributed by atoms with Gasteiger partial charge in [-0.3, -0.25) is 0 Å². The molecule has 0 spiro atoms. The van der Waals surface area contributed by atoms with Crippen LogP contribution < -0.4 is 21.7 Å². The van der Waals surface area contributed by atoms with Crippen LogP contribution in [0.15, 0.2) is 42.7 Å². The Bertz CT molecular complexity index is 739. The molecule has 124 valence electrons. The van der Waals surface area contributed by atoms with Crippen molar-refractivity contribution in [2.45, 2.75) is 12.5 Å². The van der Waals surface area contributed by atoms with E-state index in [9.17, 15) is 0 Å². The summed E-state index contributed by atoms with van der Waals surface area (Å²) in [6.45, 7) is 1.67. The zero-order chi connectivity index (χ0) is 16.9. The zero-order valence-electron chi connectivity index (χ0n) is 13.3. The van der Waals surface area contributed by atoms with Crippen LogP contribution in [0.2, 0.25) is 0 Å². The van der Waals surface area contributed by atoms with E-state index >= 15 is 0 Å². The Morgan fingerprint density at radius 3 is 2.71 bits per heavy atom. The number of hydrogen-bond acceptors (Lipinski definition) is 7. The molecule has 1 unspecified atom stereocenters. The number of benzene rings is 1. The number of nitrogens with one attached hydrogen (secondary N) is 2. The molecule has 24 heavy (non-hydrogen) atoms. The minimum absolute atomic E-state index is 0.191. The Morgan fingerprint density at radius 2 is 2.08 bits per heavy atom. The van der Waals surface area contributed by atoms with Crippen molar-refractivity contribution in [1.29, 1.82) is 5.41 Å². The number of rotatable bonds is 5. The van der Waals surface area contributed by atoms with Crippen molar-refractivity contribution in [2.24, 2.45) is 11.5 Å².